The molecule has 2 unspecified atom stereocenters. The summed E-state index contributed by atoms with van der Waals surface area (Å²) in [4.78, 5) is 0. The maximum Gasteiger partial charge on any atom is 0.0484 e. The highest BCUT2D eigenvalue weighted by Gasteiger charge is 2.33. The van der Waals surface area contributed by atoms with Gasteiger partial charge in [0.15, 0.2) is 0 Å². The molecule has 2 aliphatic rings. The van der Waals surface area contributed by atoms with Gasteiger partial charge in [-0.05, 0) is 42.3 Å². The molecule has 2 aromatic rings. The third-order valence-corrected chi connectivity index (χ3v) is 4.79. The molecule has 102 valence electrons. The van der Waals surface area contributed by atoms with E-state index in [2.05, 4.69) is 34.9 Å². The summed E-state index contributed by atoms with van der Waals surface area (Å²) in [7, 11) is 0. The summed E-state index contributed by atoms with van der Waals surface area (Å²) in [5.74, 6) is 0.584. The van der Waals surface area contributed by atoms with Crippen LogP contribution in [0.5, 0.6) is 0 Å². The molecule has 1 fully saturated rings. The Labute approximate surface area is 124 Å². The summed E-state index contributed by atoms with van der Waals surface area (Å²) in [5.41, 5.74) is 5.05. The fourth-order valence-electron chi connectivity index (χ4n) is 3.42. The van der Waals surface area contributed by atoms with Gasteiger partial charge < -0.3 is 10.6 Å². The van der Waals surface area contributed by atoms with E-state index in [1.165, 1.54) is 23.2 Å². The lowest BCUT2D eigenvalue weighted by molar-refractivity contribution is 0.440. The first-order valence-electron chi connectivity index (χ1n) is 7.19. The van der Waals surface area contributed by atoms with Crippen molar-refractivity contribution in [3.63, 3.8) is 0 Å². The highest BCUT2D eigenvalue weighted by Crippen LogP contribution is 2.41. The van der Waals surface area contributed by atoms with Crippen molar-refractivity contribution in [2.75, 3.05) is 18.4 Å². The van der Waals surface area contributed by atoms with Gasteiger partial charge in [-0.25, -0.2) is 0 Å². The van der Waals surface area contributed by atoms with Crippen LogP contribution in [0.3, 0.4) is 0 Å². The number of halogens is 1. The van der Waals surface area contributed by atoms with Crippen LogP contribution in [-0.2, 0) is 0 Å². The smallest absolute Gasteiger partial charge is 0.0484 e. The predicted octanol–water partition coefficient (Wildman–Crippen LogP) is 3.88. The minimum atomic E-state index is 0.584. The molecule has 0 aliphatic carbocycles. The van der Waals surface area contributed by atoms with Gasteiger partial charge in [0.05, 0.1) is 0 Å². The Kier molecular flexibility index (Phi) is 2.94. The standard InChI is InChI=1S/C17H17ClN2/c18-15-4-2-1-3-12(15)11-5-6-16-13(9-11)14-10-19-8-7-17(14)20-16/h1-6,9,14,17,19-20H,7-8,10H2. The van der Waals surface area contributed by atoms with Crippen molar-refractivity contribution in [2.45, 2.75) is 18.4 Å². The van der Waals surface area contributed by atoms with Gasteiger partial charge in [-0.15, -0.1) is 0 Å². The minimum Gasteiger partial charge on any atom is -0.381 e. The molecule has 0 radical (unpaired) electrons. The number of hydrogen-bond donors (Lipinski definition) is 2. The molecule has 2 atom stereocenters. The molecule has 0 bridgehead atoms. The SMILES string of the molecule is Clc1ccccc1-c1ccc2c(c1)C1CNCCC1N2. The minimum absolute atomic E-state index is 0.584. The molecule has 0 aromatic heterocycles. The van der Waals surface area contributed by atoms with Crippen molar-refractivity contribution < 1.29 is 0 Å². The molecule has 4 rings (SSSR count). The van der Waals surface area contributed by atoms with Gasteiger partial charge in [-0.1, -0.05) is 35.9 Å². The molecule has 0 spiro atoms. The van der Waals surface area contributed by atoms with Crippen molar-refractivity contribution in [3.05, 3.63) is 53.1 Å². The summed E-state index contributed by atoms with van der Waals surface area (Å²) in [6.07, 6.45) is 1.20. The number of hydrogen-bond acceptors (Lipinski definition) is 2. The molecular formula is C17H17ClN2. The van der Waals surface area contributed by atoms with Crippen LogP contribution in [0.15, 0.2) is 42.5 Å². The highest BCUT2D eigenvalue weighted by atomic mass is 35.5. The normalized spacial score (nSPS) is 23.9. The van der Waals surface area contributed by atoms with Crippen molar-refractivity contribution in [1.29, 1.82) is 0 Å². The molecule has 2 N–H and O–H groups in total. The molecule has 2 aromatic carbocycles. The van der Waals surface area contributed by atoms with E-state index in [1.807, 2.05) is 18.2 Å². The number of anilines is 1. The van der Waals surface area contributed by atoms with Gasteiger partial charge in [-0.3, -0.25) is 0 Å². The third kappa shape index (κ3) is 1.91. The van der Waals surface area contributed by atoms with Gasteiger partial charge >= 0.3 is 0 Å². The van der Waals surface area contributed by atoms with Crippen LogP contribution in [0.2, 0.25) is 5.02 Å². The average molecular weight is 285 g/mol. The first kappa shape index (κ1) is 12.2. The Morgan fingerprint density at radius 2 is 2.00 bits per heavy atom. The van der Waals surface area contributed by atoms with E-state index >= 15 is 0 Å². The second kappa shape index (κ2) is 4.80. The monoisotopic (exact) mass is 284 g/mol. The van der Waals surface area contributed by atoms with Crippen LogP contribution in [0, 0.1) is 0 Å². The van der Waals surface area contributed by atoms with Gasteiger partial charge in [0.1, 0.15) is 0 Å². The lowest BCUT2D eigenvalue weighted by Gasteiger charge is -2.26. The molecule has 3 heteroatoms. The Bertz CT molecular complexity index is 653. The number of benzene rings is 2. The Morgan fingerprint density at radius 1 is 1.10 bits per heavy atom. The first-order valence-corrected chi connectivity index (χ1v) is 7.57. The summed E-state index contributed by atoms with van der Waals surface area (Å²) in [5, 5.41) is 7.97. The van der Waals surface area contributed by atoms with Gasteiger partial charge in [0, 0.05) is 34.8 Å². The maximum atomic E-state index is 6.32. The summed E-state index contributed by atoms with van der Waals surface area (Å²) >= 11 is 6.32. The number of piperidine rings is 1. The Morgan fingerprint density at radius 3 is 2.90 bits per heavy atom. The van der Waals surface area contributed by atoms with Crippen LogP contribution in [0.1, 0.15) is 17.9 Å². The Balaban J connectivity index is 1.77. The van der Waals surface area contributed by atoms with E-state index in [0.717, 1.165) is 23.7 Å². The Hall–Kier alpha value is -1.51. The van der Waals surface area contributed by atoms with Gasteiger partial charge in [-0.2, -0.15) is 0 Å². The van der Waals surface area contributed by atoms with Crippen molar-refractivity contribution >= 4 is 17.3 Å². The number of fused-ring (bicyclic) bond motifs is 3. The van der Waals surface area contributed by atoms with E-state index in [1.54, 1.807) is 0 Å². The maximum absolute atomic E-state index is 6.32. The molecule has 2 aliphatic heterocycles. The van der Waals surface area contributed by atoms with Crippen molar-refractivity contribution in [1.82, 2.24) is 5.32 Å². The van der Waals surface area contributed by atoms with E-state index in [4.69, 9.17) is 11.6 Å². The van der Waals surface area contributed by atoms with Gasteiger partial charge in [0.2, 0.25) is 0 Å². The lowest BCUT2D eigenvalue weighted by atomic mass is 9.89. The summed E-state index contributed by atoms with van der Waals surface area (Å²) in [6, 6.07) is 15.3. The molecule has 20 heavy (non-hydrogen) atoms. The predicted molar refractivity (Wildman–Crippen MR) is 84.5 cm³/mol. The second-order valence-corrected chi connectivity index (χ2v) is 6.04. The molecule has 1 saturated heterocycles. The summed E-state index contributed by atoms with van der Waals surface area (Å²) in [6.45, 7) is 2.18. The zero-order chi connectivity index (χ0) is 13.5. The highest BCUT2D eigenvalue weighted by molar-refractivity contribution is 6.33. The molecule has 2 heterocycles. The quantitative estimate of drug-likeness (QED) is 0.830. The third-order valence-electron chi connectivity index (χ3n) is 4.46. The van der Waals surface area contributed by atoms with E-state index in [0.29, 0.717) is 12.0 Å². The fourth-order valence-corrected chi connectivity index (χ4v) is 3.67. The second-order valence-electron chi connectivity index (χ2n) is 5.63. The topological polar surface area (TPSA) is 24.1 Å². The van der Waals surface area contributed by atoms with E-state index in [9.17, 15) is 0 Å². The largest absolute Gasteiger partial charge is 0.381 e. The van der Waals surface area contributed by atoms with Crippen LogP contribution < -0.4 is 10.6 Å². The lowest BCUT2D eigenvalue weighted by Crippen LogP contribution is -2.38. The van der Waals surface area contributed by atoms with E-state index < -0.39 is 0 Å². The zero-order valence-electron chi connectivity index (χ0n) is 11.2. The van der Waals surface area contributed by atoms with Crippen LogP contribution in [0.4, 0.5) is 5.69 Å². The average Bonchev–Trinajstić information content (AvgIpc) is 2.85. The molecule has 0 saturated carbocycles. The van der Waals surface area contributed by atoms with E-state index in [-0.39, 0.29) is 0 Å². The van der Waals surface area contributed by atoms with Crippen molar-refractivity contribution in [2.24, 2.45) is 0 Å². The number of nitrogens with one attached hydrogen (secondary N) is 2. The van der Waals surface area contributed by atoms with Gasteiger partial charge in [0.25, 0.3) is 0 Å². The zero-order valence-corrected chi connectivity index (χ0v) is 12.0. The van der Waals surface area contributed by atoms with Crippen LogP contribution in [-0.4, -0.2) is 19.1 Å². The van der Waals surface area contributed by atoms with Crippen molar-refractivity contribution in [3.8, 4) is 11.1 Å². The van der Waals surface area contributed by atoms with Crippen LogP contribution in [0.25, 0.3) is 11.1 Å². The molecule has 0 amide bonds. The fraction of sp³-hybridized carbons (Fsp3) is 0.294. The number of rotatable bonds is 1. The molecule has 2 nitrogen and oxygen atoms in total. The van der Waals surface area contributed by atoms with Crippen LogP contribution >= 0.6 is 11.6 Å². The first-order chi connectivity index (χ1) is 9.83. The summed E-state index contributed by atoms with van der Waals surface area (Å²) < 4.78 is 0. The molecular weight excluding hydrogens is 268 g/mol.